The van der Waals surface area contributed by atoms with E-state index in [-0.39, 0.29) is 11.6 Å². The van der Waals surface area contributed by atoms with Crippen LogP contribution in [-0.2, 0) is 6.54 Å². The van der Waals surface area contributed by atoms with E-state index in [1.165, 1.54) is 0 Å². The number of aromatic nitrogens is 1. The summed E-state index contributed by atoms with van der Waals surface area (Å²) in [5.74, 6) is 0.357. The quantitative estimate of drug-likeness (QED) is 0.298. The molecule has 5 heteroatoms. The maximum atomic E-state index is 9.52. The third-order valence-corrected chi connectivity index (χ3v) is 3.44. The summed E-state index contributed by atoms with van der Waals surface area (Å²) in [5.41, 5.74) is 8.35. The van der Waals surface area contributed by atoms with Crippen molar-refractivity contribution in [1.82, 2.24) is 4.57 Å². The Bertz CT molecular complexity index is 821. The lowest BCUT2D eigenvalue weighted by atomic mass is 10.1. The van der Waals surface area contributed by atoms with E-state index in [0.717, 1.165) is 16.5 Å². The minimum absolute atomic E-state index is 0.0950. The van der Waals surface area contributed by atoms with E-state index in [9.17, 15) is 5.11 Å². The highest BCUT2D eigenvalue weighted by Gasteiger charge is 2.05. The molecule has 0 aliphatic rings. The van der Waals surface area contributed by atoms with Crippen LogP contribution in [0, 0.1) is 0 Å². The molecule has 1 aromatic heterocycles. The Kier molecular flexibility index (Phi) is 3.23. The fourth-order valence-corrected chi connectivity index (χ4v) is 2.41. The topological polar surface area (TPSA) is 83.8 Å². The van der Waals surface area contributed by atoms with E-state index in [2.05, 4.69) is 9.72 Å². The number of amidine groups is 1. The molecular formula is C16H15N3O2. The summed E-state index contributed by atoms with van der Waals surface area (Å²) in [6.07, 6.45) is 1.98. The molecule has 0 saturated carbocycles. The molecule has 0 amide bonds. The highest BCUT2D eigenvalue weighted by atomic mass is 16.4. The number of rotatable bonds is 3. The lowest BCUT2D eigenvalue weighted by molar-refractivity contribution is 0.318. The second-order valence-electron chi connectivity index (χ2n) is 4.87. The smallest absolute Gasteiger partial charge is 0.170 e. The van der Waals surface area contributed by atoms with Gasteiger partial charge in [0.25, 0.3) is 0 Å². The number of phenolic OH excluding ortho intramolecular Hbond substituents is 1. The van der Waals surface area contributed by atoms with Gasteiger partial charge in [-0.05, 0) is 42.0 Å². The van der Waals surface area contributed by atoms with Gasteiger partial charge in [-0.2, -0.15) is 0 Å². The van der Waals surface area contributed by atoms with Gasteiger partial charge in [-0.25, -0.2) is 0 Å². The molecule has 0 spiro atoms. The number of nitrogens with two attached hydrogens (primary N) is 1. The minimum Gasteiger partial charge on any atom is -0.508 e. The van der Waals surface area contributed by atoms with Crippen molar-refractivity contribution in [2.45, 2.75) is 6.54 Å². The number of nitrogens with zero attached hydrogens (tertiary/aromatic N) is 2. The lowest BCUT2D eigenvalue weighted by Gasteiger charge is -2.07. The number of aromatic hydroxyl groups is 1. The molecule has 0 bridgehead atoms. The average molecular weight is 281 g/mol. The first-order valence-corrected chi connectivity index (χ1v) is 6.52. The highest BCUT2D eigenvalue weighted by molar-refractivity contribution is 6.00. The van der Waals surface area contributed by atoms with E-state index < -0.39 is 0 Å². The van der Waals surface area contributed by atoms with E-state index in [0.29, 0.717) is 12.1 Å². The number of benzene rings is 2. The van der Waals surface area contributed by atoms with Crippen LogP contribution in [-0.4, -0.2) is 20.7 Å². The number of oxime groups is 1. The summed E-state index contributed by atoms with van der Waals surface area (Å²) < 4.78 is 2.08. The van der Waals surface area contributed by atoms with Crippen LogP contribution < -0.4 is 5.73 Å². The SMILES string of the molecule is N/C(=N/O)c1ccc2c(ccn2Cc2cccc(O)c2)c1. The van der Waals surface area contributed by atoms with Crippen LogP contribution in [0.5, 0.6) is 5.75 Å². The Morgan fingerprint density at radius 2 is 2.00 bits per heavy atom. The van der Waals surface area contributed by atoms with Gasteiger partial charge in [-0.3, -0.25) is 0 Å². The second-order valence-corrected chi connectivity index (χ2v) is 4.87. The first kappa shape index (κ1) is 13.1. The van der Waals surface area contributed by atoms with Crippen molar-refractivity contribution in [3.8, 4) is 5.75 Å². The molecule has 0 radical (unpaired) electrons. The van der Waals surface area contributed by atoms with Crippen LogP contribution >= 0.6 is 0 Å². The van der Waals surface area contributed by atoms with Gasteiger partial charge < -0.3 is 20.6 Å². The van der Waals surface area contributed by atoms with Crippen molar-refractivity contribution in [3.63, 3.8) is 0 Å². The summed E-state index contributed by atoms with van der Waals surface area (Å²) in [7, 11) is 0. The molecule has 3 aromatic rings. The normalized spacial score (nSPS) is 11.9. The highest BCUT2D eigenvalue weighted by Crippen LogP contribution is 2.20. The molecule has 4 N–H and O–H groups in total. The van der Waals surface area contributed by atoms with Crippen LogP contribution in [0.15, 0.2) is 59.9 Å². The van der Waals surface area contributed by atoms with Gasteiger partial charge in [0, 0.05) is 29.2 Å². The monoisotopic (exact) mass is 281 g/mol. The zero-order valence-corrected chi connectivity index (χ0v) is 11.3. The fraction of sp³-hybridized carbons (Fsp3) is 0.0625. The molecule has 5 nitrogen and oxygen atoms in total. The second kappa shape index (κ2) is 5.20. The van der Waals surface area contributed by atoms with Crippen LogP contribution in [0.25, 0.3) is 10.9 Å². The first-order chi connectivity index (χ1) is 10.2. The molecule has 0 atom stereocenters. The molecule has 3 rings (SSSR count). The van der Waals surface area contributed by atoms with E-state index in [1.807, 2.05) is 42.6 Å². The van der Waals surface area contributed by atoms with Crippen molar-refractivity contribution < 1.29 is 10.3 Å². The van der Waals surface area contributed by atoms with Crippen molar-refractivity contribution >= 4 is 16.7 Å². The summed E-state index contributed by atoms with van der Waals surface area (Å²) in [6.45, 7) is 0.667. The van der Waals surface area contributed by atoms with Crippen molar-refractivity contribution in [2.24, 2.45) is 10.9 Å². The third-order valence-electron chi connectivity index (χ3n) is 3.44. The largest absolute Gasteiger partial charge is 0.508 e. The third kappa shape index (κ3) is 2.53. The molecule has 0 aliphatic carbocycles. The van der Waals surface area contributed by atoms with Gasteiger partial charge in [0.15, 0.2) is 5.84 Å². The van der Waals surface area contributed by atoms with Crippen LogP contribution in [0.2, 0.25) is 0 Å². The standard InChI is InChI=1S/C16H15N3O2/c17-16(18-21)13-4-5-15-12(9-13)6-7-19(15)10-11-2-1-3-14(20)8-11/h1-9,20-21H,10H2,(H2,17,18). The summed E-state index contributed by atoms with van der Waals surface area (Å²) in [6, 6.07) is 14.8. The number of fused-ring (bicyclic) bond motifs is 1. The lowest BCUT2D eigenvalue weighted by Crippen LogP contribution is -2.12. The fourth-order valence-electron chi connectivity index (χ4n) is 2.41. The van der Waals surface area contributed by atoms with Gasteiger partial charge in [-0.1, -0.05) is 17.3 Å². The molecule has 1 heterocycles. The van der Waals surface area contributed by atoms with Crippen LogP contribution in [0.4, 0.5) is 0 Å². The van der Waals surface area contributed by atoms with Crippen molar-refractivity contribution in [2.75, 3.05) is 0 Å². The Hall–Kier alpha value is -2.95. The van der Waals surface area contributed by atoms with Gasteiger partial charge in [0.2, 0.25) is 0 Å². The molecule has 0 unspecified atom stereocenters. The molecule has 21 heavy (non-hydrogen) atoms. The van der Waals surface area contributed by atoms with Crippen LogP contribution in [0.1, 0.15) is 11.1 Å². The number of hydrogen-bond donors (Lipinski definition) is 3. The Balaban J connectivity index is 1.97. The molecule has 0 saturated heterocycles. The summed E-state index contributed by atoms with van der Waals surface area (Å²) in [5, 5.41) is 22.3. The molecule has 2 aromatic carbocycles. The molecule has 0 fully saturated rings. The number of phenols is 1. The predicted octanol–water partition coefficient (Wildman–Crippen LogP) is 2.49. The van der Waals surface area contributed by atoms with Crippen molar-refractivity contribution in [1.29, 1.82) is 0 Å². The summed E-state index contributed by atoms with van der Waals surface area (Å²) >= 11 is 0. The van der Waals surface area contributed by atoms with Gasteiger partial charge in [-0.15, -0.1) is 0 Å². The Labute approximate surface area is 121 Å². The van der Waals surface area contributed by atoms with E-state index >= 15 is 0 Å². The molecule has 0 aliphatic heterocycles. The Morgan fingerprint density at radius 1 is 1.14 bits per heavy atom. The Morgan fingerprint density at radius 3 is 2.76 bits per heavy atom. The first-order valence-electron chi connectivity index (χ1n) is 6.52. The van der Waals surface area contributed by atoms with Gasteiger partial charge >= 0.3 is 0 Å². The van der Waals surface area contributed by atoms with Gasteiger partial charge in [0.05, 0.1) is 0 Å². The zero-order chi connectivity index (χ0) is 14.8. The van der Waals surface area contributed by atoms with Gasteiger partial charge in [0.1, 0.15) is 5.75 Å². The van der Waals surface area contributed by atoms with Crippen molar-refractivity contribution in [3.05, 3.63) is 65.9 Å². The van der Waals surface area contributed by atoms with E-state index in [1.54, 1.807) is 12.1 Å². The maximum Gasteiger partial charge on any atom is 0.170 e. The zero-order valence-electron chi connectivity index (χ0n) is 11.3. The predicted molar refractivity (Wildman–Crippen MR) is 81.7 cm³/mol. The van der Waals surface area contributed by atoms with Crippen LogP contribution in [0.3, 0.4) is 0 Å². The number of hydrogen-bond acceptors (Lipinski definition) is 3. The summed E-state index contributed by atoms with van der Waals surface area (Å²) in [4.78, 5) is 0. The molecule has 106 valence electrons. The minimum atomic E-state index is 0.0950. The van der Waals surface area contributed by atoms with E-state index in [4.69, 9.17) is 10.9 Å². The maximum absolute atomic E-state index is 9.52. The molecular weight excluding hydrogens is 266 g/mol. The average Bonchev–Trinajstić information content (AvgIpc) is 2.89.